The first kappa shape index (κ1) is 14.2. The van der Waals surface area contributed by atoms with E-state index in [4.69, 9.17) is 0 Å². The van der Waals surface area contributed by atoms with E-state index in [1.807, 2.05) is 26.1 Å². The lowest BCUT2D eigenvalue weighted by molar-refractivity contribution is 0.0485. The molecule has 2 heteroatoms. The zero-order valence-corrected chi connectivity index (χ0v) is 11.7. The second-order valence-electron chi connectivity index (χ2n) is 5.95. The van der Waals surface area contributed by atoms with E-state index < -0.39 is 5.60 Å². The maximum atomic E-state index is 10.4. The van der Waals surface area contributed by atoms with Crippen molar-refractivity contribution in [1.29, 1.82) is 0 Å². The van der Waals surface area contributed by atoms with E-state index in [-0.39, 0.29) is 5.41 Å². The first-order chi connectivity index (χ1) is 7.77. The molecule has 0 amide bonds. The highest BCUT2D eigenvalue weighted by Crippen LogP contribution is 2.27. The van der Waals surface area contributed by atoms with E-state index in [9.17, 15) is 5.11 Å². The molecule has 2 nitrogen and oxygen atoms in total. The highest BCUT2D eigenvalue weighted by molar-refractivity contribution is 5.30. The zero-order chi connectivity index (χ0) is 13.1. The van der Waals surface area contributed by atoms with Crippen LogP contribution in [0.25, 0.3) is 0 Å². The number of benzene rings is 1. The van der Waals surface area contributed by atoms with Gasteiger partial charge in [-0.25, -0.2) is 0 Å². The van der Waals surface area contributed by atoms with Crippen LogP contribution in [0.2, 0.25) is 0 Å². The van der Waals surface area contributed by atoms with Crippen LogP contribution in [0.4, 0.5) is 0 Å². The monoisotopic (exact) mass is 235 g/mol. The second kappa shape index (κ2) is 5.19. The second-order valence-corrected chi connectivity index (χ2v) is 5.95. The van der Waals surface area contributed by atoms with Crippen molar-refractivity contribution in [2.45, 2.75) is 45.1 Å². The molecule has 0 aliphatic heterocycles. The molecule has 0 fully saturated rings. The predicted molar refractivity (Wildman–Crippen MR) is 73.3 cm³/mol. The van der Waals surface area contributed by atoms with E-state index in [0.29, 0.717) is 0 Å². The third kappa shape index (κ3) is 3.83. The SMILES string of the molecule is CNCCC(C)(O)c1ccc(C(C)(C)C)cc1. The van der Waals surface area contributed by atoms with Crippen LogP contribution in [-0.4, -0.2) is 18.7 Å². The molecule has 0 aliphatic rings. The van der Waals surface area contributed by atoms with E-state index >= 15 is 0 Å². The van der Waals surface area contributed by atoms with Crippen LogP contribution in [0.1, 0.15) is 45.2 Å². The van der Waals surface area contributed by atoms with Crippen LogP contribution in [0.5, 0.6) is 0 Å². The molecular weight excluding hydrogens is 210 g/mol. The van der Waals surface area contributed by atoms with Crippen molar-refractivity contribution in [3.63, 3.8) is 0 Å². The van der Waals surface area contributed by atoms with Crippen molar-refractivity contribution in [2.24, 2.45) is 0 Å². The molecule has 0 aromatic heterocycles. The minimum Gasteiger partial charge on any atom is -0.385 e. The fraction of sp³-hybridized carbons (Fsp3) is 0.600. The molecule has 1 unspecified atom stereocenters. The fourth-order valence-electron chi connectivity index (χ4n) is 1.84. The standard InChI is InChI=1S/C15H25NO/c1-14(2,3)12-6-8-13(9-7-12)15(4,17)10-11-16-5/h6-9,16-17H,10-11H2,1-5H3. The van der Waals surface area contributed by atoms with Crippen LogP contribution in [0.3, 0.4) is 0 Å². The normalized spacial score (nSPS) is 15.6. The lowest BCUT2D eigenvalue weighted by Crippen LogP contribution is -2.26. The molecule has 1 atom stereocenters. The number of aliphatic hydroxyl groups is 1. The van der Waals surface area contributed by atoms with E-state index in [1.54, 1.807) is 0 Å². The average molecular weight is 235 g/mol. The van der Waals surface area contributed by atoms with Crippen LogP contribution >= 0.6 is 0 Å². The number of rotatable bonds is 4. The smallest absolute Gasteiger partial charge is 0.0880 e. The van der Waals surface area contributed by atoms with Gasteiger partial charge in [-0.2, -0.15) is 0 Å². The summed E-state index contributed by atoms with van der Waals surface area (Å²) in [6.07, 6.45) is 0.721. The average Bonchev–Trinajstić information content (AvgIpc) is 2.25. The molecule has 96 valence electrons. The molecule has 1 aromatic rings. The van der Waals surface area contributed by atoms with Gasteiger partial charge in [0, 0.05) is 0 Å². The highest BCUT2D eigenvalue weighted by Gasteiger charge is 2.23. The fourth-order valence-corrected chi connectivity index (χ4v) is 1.84. The summed E-state index contributed by atoms with van der Waals surface area (Å²) in [6.45, 7) is 9.27. The summed E-state index contributed by atoms with van der Waals surface area (Å²) in [6, 6.07) is 8.30. The van der Waals surface area contributed by atoms with Crippen molar-refractivity contribution in [3.8, 4) is 0 Å². The Morgan fingerprint density at radius 2 is 1.47 bits per heavy atom. The van der Waals surface area contributed by atoms with Gasteiger partial charge < -0.3 is 10.4 Å². The quantitative estimate of drug-likeness (QED) is 0.841. The Hall–Kier alpha value is -0.860. The van der Waals surface area contributed by atoms with Crippen molar-refractivity contribution >= 4 is 0 Å². The minimum absolute atomic E-state index is 0.162. The Kier molecular flexibility index (Phi) is 4.34. The largest absolute Gasteiger partial charge is 0.385 e. The van der Waals surface area contributed by atoms with Gasteiger partial charge in [0.25, 0.3) is 0 Å². The summed E-state index contributed by atoms with van der Waals surface area (Å²) in [5.41, 5.74) is 1.70. The molecule has 0 radical (unpaired) electrons. The van der Waals surface area contributed by atoms with Crippen molar-refractivity contribution < 1.29 is 5.11 Å². The summed E-state index contributed by atoms with van der Waals surface area (Å²) in [5, 5.41) is 13.4. The first-order valence-electron chi connectivity index (χ1n) is 6.25. The van der Waals surface area contributed by atoms with Gasteiger partial charge in [-0.15, -0.1) is 0 Å². The Morgan fingerprint density at radius 1 is 1.00 bits per heavy atom. The van der Waals surface area contributed by atoms with Crippen LogP contribution in [0, 0.1) is 0 Å². The van der Waals surface area contributed by atoms with Crippen LogP contribution in [-0.2, 0) is 11.0 Å². The van der Waals surface area contributed by atoms with Crippen molar-refractivity contribution in [1.82, 2.24) is 5.32 Å². The summed E-state index contributed by atoms with van der Waals surface area (Å²) in [4.78, 5) is 0. The van der Waals surface area contributed by atoms with Gasteiger partial charge >= 0.3 is 0 Å². The molecule has 1 rings (SSSR count). The van der Waals surface area contributed by atoms with Gasteiger partial charge in [-0.1, -0.05) is 45.0 Å². The predicted octanol–water partition coefficient (Wildman–Crippen LogP) is 2.80. The highest BCUT2D eigenvalue weighted by atomic mass is 16.3. The summed E-state index contributed by atoms with van der Waals surface area (Å²) >= 11 is 0. The van der Waals surface area contributed by atoms with Gasteiger partial charge in [0.1, 0.15) is 0 Å². The Labute approximate surface area is 105 Å². The Balaban J connectivity index is 2.87. The van der Waals surface area contributed by atoms with Crippen molar-refractivity contribution in [3.05, 3.63) is 35.4 Å². The van der Waals surface area contributed by atoms with Gasteiger partial charge in [0.15, 0.2) is 0 Å². The molecule has 1 aromatic carbocycles. The molecular formula is C15H25NO. The van der Waals surface area contributed by atoms with E-state index in [0.717, 1.165) is 18.5 Å². The Morgan fingerprint density at radius 3 is 1.88 bits per heavy atom. The zero-order valence-electron chi connectivity index (χ0n) is 11.7. The molecule has 0 aliphatic carbocycles. The lowest BCUT2D eigenvalue weighted by Gasteiger charge is -2.25. The van der Waals surface area contributed by atoms with E-state index in [2.05, 4.69) is 38.2 Å². The van der Waals surface area contributed by atoms with E-state index in [1.165, 1.54) is 5.56 Å². The van der Waals surface area contributed by atoms with Gasteiger partial charge in [-0.3, -0.25) is 0 Å². The Bertz CT molecular complexity index is 346. The van der Waals surface area contributed by atoms with Gasteiger partial charge in [-0.05, 0) is 43.5 Å². The molecule has 17 heavy (non-hydrogen) atoms. The van der Waals surface area contributed by atoms with Gasteiger partial charge in [0.05, 0.1) is 5.60 Å². The van der Waals surface area contributed by atoms with Crippen molar-refractivity contribution in [2.75, 3.05) is 13.6 Å². The molecule has 0 spiro atoms. The molecule has 0 saturated heterocycles. The molecule has 2 N–H and O–H groups in total. The topological polar surface area (TPSA) is 32.3 Å². The minimum atomic E-state index is -0.751. The third-order valence-corrected chi connectivity index (χ3v) is 3.23. The maximum absolute atomic E-state index is 10.4. The number of nitrogens with one attached hydrogen (secondary N) is 1. The molecule has 0 heterocycles. The first-order valence-corrected chi connectivity index (χ1v) is 6.25. The third-order valence-electron chi connectivity index (χ3n) is 3.23. The lowest BCUT2D eigenvalue weighted by atomic mass is 9.84. The van der Waals surface area contributed by atoms with Crippen LogP contribution in [0.15, 0.2) is 24.3 Å². The summed E-state index contributed by atoms with van der Waals surface area (Å²) in [5.74, 6) is 0. The summed E-state index contributed by atoms with van der Waals surface area (Å²) < 4.78 is 0. The molecule has 0 saturated carbocycles. The number of hydrogen-bond donors (Lipinski definition) is 2. The van der Waals surface area contributed by atoms with Crippen LogP contribution < -0.4 is 5.32 Å². The maximum Gasteiger partial charge on any atom is 0.0880 e. The molecule has 0 bridgehead atoms. The number of hydrogen-bond acceptors (Lipinski definition) is 2. The van der Waals surface area contributed by atoms with Gasteiger partial charge in [0.2, 0.25) is 0 Å². The summed E-state index contributed by atoms with van der Waals surface area (Å²) in [7, 11) is 1.90.